The van der Waals surface area contributed by atoms with Crippen molar-refractivity contribution in [2.75, 3.05) is 13.7 Å². The molecule has 1 rings (SSSR count). The third-order valence-corrected chi connectivity index (χ3v) is 2.93. The Bertz CT molecular complexity index is 420. The molecule has 3 nitrogen and oxygen atoms in total. The van der Waals surface area contributed by atoms with E-state index in [-0.39, 0.29) is 5.82 Å². The van der Waals surface area contributed by atoms with Crippen LogP contribution in [0.25, 0.3) is 0 Å². The van der Waals surface area contributed by atoms with E-state index < -0.39 is 11.5 Å². The standard InChI is InChI=1S/C13H18FNO2/c1-5-17-12(16)13(3,15-4)10-7-6-9(2)11(14)8-10/h6-8,15H,5H2,1-4H3. The molecule has 17 heavy (non-hydrogen) atoms. The summed E-state index contributed by atoms with van der Waals surface area (Å²) >= 11 is 0. The number of carbonyl (C=O) groups excluding carboxylic acids is 1. The Hall–Kier alpha value is -1.42. The highest BCUT2D eigenvalue weighted by atomic mass is 19.1. The van der Waals surface area contributed by atoms with Crippen LogP contribution >= 0.6 is 0 Å². The highest BCUT2D eigenvalue weighted by molar-refractivity contribution is 5.82. The predicted molar refractivity (Wildman–Crippen MR) is 64.2 cm³/mol. The van der Waals surface area contributed by atoms with Crippen LogP contribution in [0.3, 0.4) is 0 Å². The van der Waals surface area contributed by atoms with E-state index in [0.29, 0.717) is 17.7 Å². The van der Waals surface area contributed by atoms with Crippen molar-refractivity contribution in [1.82, 2.24) is 5.32 Å². The molecule has 0 aliphatic rings. The van der Waals surface area contributed by atoms with Crippen LogP contribution < -0.4 is 5.32 Å². The molecule has 0 aliphatic carbocycles. The lowest BCUT2D eigenvalue weighted by molar-refractivity contribution is -0.150. The third kappa shape index (κ3) is 2.64. The second-order valence-corrected chi connectivity index (χ2v) is 4.06. The monoisotopic (exact) mass is 239 g/mol. The SMILES string of the molecule is CCOC(=O)C(C)(NC)c1ccc(C)c(F)c1. The minimum Gasteiger partial charge on any atom is -0.464 e. The molecule has 1 unspecified atom stereocenters. The van der Waals surface area contributed by atoms with Gasteiger partial charge < -0.3 is 10.1 Å². The fourth-order valence-corrected chi connectivity index (χ4v) is 1.54. The number of carbonyl (C=O) groups is 1. The number of halogens is 1. The molecule has 0 aromatic heterocycles. The highest BCUT2D eigenvalue weighted by Crippen LogP contribution is 2.24. The van der Waals surface area contributed by atoms with Gasteiger partial charge in [-0.2, -0.15) is 0 Å². The molecule has 0 aliphatic heterocycles. The van der Waals surface area contributed by atoms with Crippen molar-refractivity contribution in [1.29, 1.82) is 0 Å². The van der Waals surface area contributed by atoms with Crippen LogP contribution in [0.5, 0.6) is 0 Å². The Morgan fingerprint density at radius 3 is 2.65 bits per heavy atom. The number of aryl methyl sites for hydroxylation is 1. The molecule has 0 amide bonds. The smallest absolute Gasteiger partial charge is 0.330 e. The van der Waals surface area contributed by atoms with E-state index in [9.17, 15) is 9.18 Å². The lowest BCUT2D eigenvalue weighted by atomic mass is 9.91. The Morgan fingerprint density at radius 2 is 2.18 bits per heavy atom. The molecular weight excluding hydrogens is 221 g/mol. The van der Waals surface area contributed by atoms with Crippen LogP contribution in [0.4, 0.5) is 4.39 Å². The van der Waals surface area contributed by atoms with Crippen LogP contribution in [-0.4, -0.2) is 19.6 Å². The molecule has 1 atom stereocenters. The van der Waals surface area contributed by atoms with Crippen molar-refractivity contribution >= 4 is 5.97 Å². The van der Waals surface area contributed by atoms with E-state index in [2.05, 4.69) is 5.32 Å². The molecular formula is C13H18FNO2. The van der Waals surface area contributed by atoms with Gasteiger partial charge in [-0.15, -0.1) is 0 Å². The topological polar surface area (TPSA) is 38.3 Å². The average Bonchev–Trinajstić information content (AvgIpc) is 2.32. The average molecular weight is 239 g/mol. The van der Waals surface area contributed by atoms with E-state index in [4.69, 9.17) is 4.74 Å². The molecule has 1 aromatic rings. The summed E-state index contributed by atoms with van der Waals surface area (Å²) in [5, 5.41) is 2.88. The summed E-state index contributed by atoms with van der Waals surface area (Å²) in [6.07, 6.45) is 0. The molecule has 0 saturated heterocycles. The van der Waals surface area contributed by atoms with Gasteiger partial charge in [0, 0.05) is 0 Å². The number of rotatable bonds is 4. The number of hydrogen-bond acceptors (Lipinski definition) is 3. The second-order valence-electron chi connectivity index (χ2n) is 4.06. The van der Waals surface area contributed by atoms with Crippen molar-refractivity contribution < 1.29 is 13.9 Å². The fourth-order valence-electron chi connectivity index (χ4n) is 1.54. The Labute approximate surface area is 101 Å². The van der Waals surface area contributed by atoms with Gasteiger partial charge in [0.15, 0.2) is 0 Å². The lowest BCUT2D eigenvalue weighted by Gasteiger charge is -2.27. The maximum absolute atomic E-state index is 13.5. The highest BCUT2D eigenvalue weighted by Gasteiger charge is 2.35. The Morgan fingerprint density at radius 1 is 1.53 bits per heavy atom. The van der Waals surface area contributed by atoms with Crippen LogP contribution in [0.1, 0.15) is 25.0 Å². The molecule has 1 aromatic carbocycles. The molecule has 0 bridgehead atoms. The zero-order valence-corrected chi connectivity index (χ0v) is 10.6. The minimum atomic E-state index is -1.02. The number of benzene rings is 1. The Kier molecular flexibility index (Phi) is 4.23. The quantitative estimate of drug-likeness (QED) is 0.818. The van der Waals surface area contributed by atoms with Gasteiger partial charge in [0.2, 0.25) is 0 Å². The van der Waals surface area contributed by atoms with E-state index >= 15 is 0 Å². The third-order valence-electron chi connectivity index (χ3n) is 2.93. The summed E-state index contributed by atoms with van der Waals surface area (Å²) in [4.78, 5) is 11.9. The van der Waals surface area contributed by atoms with Gasteiger partial charge in [-0.3, -0.25) is 0 Å². The van der Waals surface area contributed by atoms with Gasteiger partial charge >= 0.3 is 5.97 Å². The van der Waals surface area contributed by atoms with Crippen LogP contribution in [0, 0.1) is 12.7 Å². The van der Waals surface area contributed by atoms with Crippen LogP contribution in [-0.2, 0) is 15.1 Å². The number of hydrogen-bond donors (Lipinski definition) is 1. The van der Waals surface area contributed by atoms with Crippen molar-refractivity contribution in [3.63, 3.8) is 0 Å². The molecule has 0 radical (unpaired) electrons. The van der Waals surface area contributed by atoms with Gasteiger partial charge in [0.25, 0.3) is 0 Å². The van der Waals surface area contributed by atoms with Crippen molar-refractivity contribution in [3.05, 3.63) is 35.1 Å². The number of ether oxygens (including phenoxy) is 1. The van der Waals surface area contributed by atoms with Crippen molar-refractivity contribution in [2.24, 2.45) is 0 Å². The molecule has 0 saturated carbocycles. The van der Waals surface area contributed by atoms with Crippen molar-refractivity contribution in [3.8, 4) is 0 Å². The normalized spacial score (nSPS) is 14.2. The predicted octanol–water partition coefficient (Wildman–Crippen LogP) is 2.13. The molecule has 0 spiro atoms. The largest absolute Gasteiger partial charge is 0.464 e. The number of esters is 1. The minimum absolute atomic E-state index is 0.296. The maximum Gasteiger partial charge on any atom is 0.330 e. The van der Waals surface area contributed by atoms with Crippen molar-refractivity contribution in [2.45, 2.75) is 26.3 Å². The summed E-state index contributed by atoms with van der Waals surface area (Å²) < 4.78 is 18.5. The van der Waals surface area contributed by atoms with Crippen LogP contribution in [0.2, 0.25) is 0 Å². The first kappa shape index (κ1) is 13.6. The summed E-state index contributed by atoms with van der Waals surface area (Å²) in [6.45, 7) is 5.39. The summed E-state index contributed by atoms with van der Waals surface area (Å²) in [6, 6.07) is 4.74. The molecule has 0 heterocycles. The zero-order chi connectivity index (χ0) is 13.1. The van der Waals surface area contributed by atoms with Gasteiger partial charge in [0.05, 0.1) is 6.61 Å². The van der Waals surface area contributed by atoms with Gasteiger partial charge in [-0.1, -0.05) is 12.1 Å². The van der Waals surface area contributed by atoms with E-state index in [1.54, 1.807) is 40.0 Å². The second kappa shape index (κ2) is 5.27. The van der Waals surface area contributed by atoms with E-state index in [1.165, 1.54) is 6.07 Å². The first-order valence-electron chi connectivity index (χ1n) is 5.58. The molecule has 0 fully saturated rings. The summed E-state index contributed by atoms with van der Waals surface area (Å²) in [5.41, 5.74) is 0.0856. The van der Waals surface area contributed by atoms with E-state index in [0.717, 1.165) is 0 Å². The van der Waals surface area contributed by atoms with Gasteiger partial charge in [-0.25, -0.2) is 9.18 Å². The number of likely N-dealkylation sites (N-methyl/N-ethyl adjacent to an activating group) is 1. The van der Waals surface area contributed by atoms with E-state index in [1.807, 2.05) is 0 Å². The first-order chi connectivity index (χ1) is 7.95. The first-order valence-corrected chi connectivity index (χ1v) is 5.58. The Balaban J connectivity index is 3.15. The maximum atomic E-state index is 13.5. The fraction of sp³-hybridized carbons (Fsp3) is 0.462. The van der Waals surface area contributed by atoms with Gasteiger partial charge in [-0.05, 0) is 45.0 Å². The van der Waals surface area contributed by atoms with Crippen LogP contribution in [0.15, 0.2) is 18.2 Å². The molecule has 4 heteroatoms. The molecule has 94 valence electrons. The zero-order valence-electron chi connectivity index (χ0n) is 10.6. The number of nitrogens with one attached hydrogen (secondary N) is 1. The lowest BCUT2D eigenvalue weighted by Crippen LogP contribution is -2.45. The molecule has 1 N–H and O–H groups in total. The van der Waals surface area contributed by atoms with Gasteiger partial charge in [0.1, 0.15) is 11.4 Å². The summed E-state index contributed by atoms with van der Waals surface area (Å²) in [5.74, 6) is -0.737. The summed E-state index contributed by atoms with van der Waals surface area (Å²) in [7, 11) is 1.65.